The molecule has 2 aliphatic heterocycles. The Balaban J connectivity index is 1.40. The number of benzene rings is 2. The van der Waals surface area contributed by atoms with Crippen molar-refractivity contribution in [2.75, 3.05) is 42.5 Å². The van der Waals surface area contributed by atoms with Gasteiger partial charge in [-0.3, -0.25) is 9.59 Å². The summed E-state index contributed by atoms with van der Waals surface area (Å²) in [4.78, 5) is 31.8. The molecule has 0 unspecified atom stereocenters. The molecule has 0 aliphatic carbocycles. The van der Waals surface area contributed by atoms with E-state index in [0.29, 0.717) is 26.1 Å². The maximum Gasteiger partial charge on any atom is 0.228 e. The second-order valence-corrected chi connectivity index (χ2v) is 8.22. The van der Waals surface area contributed by atoms with Crippen molar-refractivity contribution in [3.63, 3.8) is 0 Å². The monoisotopic (exact) mass is 391 g/mol. The molecular formula is C24H29N3O2. The second kappa shape index (κ2) is 7.90. The number of nitrogens with zero attached hydrogens (tertiary/aromatic N) is 3. The molecule has 2 aliphatic rings. The number of carbonyl (C=O) groups is 2. The fourth-order valence-corrected chi connectivity index (χ4v) is 4.48. The lowest BCUT2D eigenvalue weighted by Crippen LogP contribution is -2.51. The molecule has 2 aromatic carbocycles. The molecule has 5 heteroatoms. The molecule has 2 amide bonds. The number of carbonyl (C=O) groups excluding carboxylic acids is 2. The van der Waals surface area contributed by atoms with Crippen LogP contribution in [0.2, 0.25) is 0 Å². The topological polar surface area (TPSA) is 43.9 Å². The van der Waals surface area contributed by atoms with Gasteiger partial charge < -0.3 is 14.7 Å². The fourth-order valence-electron chi connectivity index (χ4n) is 4.48. The van der Waals surface area contributed by atoms with Gasteiger partial charge >= 0.3 is 0 Å². The first kappa shape index (κ1) is 19.5. The number of hydrogen-bond acceptors (Lipinski definition) is 3. The molecule has 0 N–H and O–H groups in total. The van der Waals surface area contributed by atoms with Crippen molar-refractivity contribution in [2.45, 2.75) is 27.2 Å². The van der Waals surface area contributed by atoms with E-state index in [0.717, 1.165) is 24.3 Å². The van der Waals surface area contributed by atoms with Crippen LogP contribution in [0.4, 0.5) is 11.4 Å². The van der Waals surface area contributed by atoms with Gasteiger partial charge in [0.1, 0.15) is 0 Å². The normalized spacial score (nSPS) is 19.8. The first-order chi connectivity index (χ1) is 14.0. The van der Waals surface area contributed by atoms with Gasteiger partial charge in [0.15, 0.2) is 0 Å². The molecule has 2 fully saturated rings. The number of hydrogen-bond donors (Lipinski definition) is 0. The van der Waals surface area contributed by atoms with E-state index in [9.17, 15) is 9.59 Å². The van der Waals surface area contributed by atoms with Crippen LogP contribution >= 0.6 is 0 Å². The predicted molar refractivity (Wildman–Crippen MR) is 116 cm³/mol. The van der Waals surface area contributed by atoms with E-state index < -0.39 is 0 Å². The average molecular weight is 392 g/mol. The Bertz CT molecular complexity index is 931. The molecule has 0 bridgehead atoms. The van der Waals surface area contributed by atoms with Gasteiger partial charge in [0.05, 0.1) is 5.92 Å². The minimum absolute atomic E-state index is 0.0478. The largest absolute Gasteiger partial charge is 0.368 e. The van der Waals surface area contributed by atoms with Crippen molar-refractivity contribution in [1.82, 2.24) is 4.90 Å². The molecular weight excluding hydrogens is 362 g/mol. The molecule has 4 rings (SSSR count). The highest BCUT2D eigenvalue weighted by Crippen LogP contribution is 2.29. The van der Waals surface area contributed by atoms with Gasteiger partial charge in [-0.2, -0.15) is 0 Å². The number of amides is 2. The average Bonchev–Trinajstić information content (AvgIpc) is 3.11. The Labute approximate surface area is 172 Å². The predicted octanol–water partition coefficient (Wildman–Crippen LogP) is 3.31. The zero-order chi connectivity index (χ0) is 20.5. The van der Waals surface area contributed by atoms with Crippen molar-refractivity contribution in [3.8, 4) is 0 Å². The Kier molecular flexibility index (Phi) is 5.31. The van der Waals surface area contributed by atoms with Crippen LogP contribution in [-0.4, -0.2) is 49.4 Å². The molecule has 0 saturated carbocycles. The lowest BCUT2D eigenvalue weighted by molar-refractivity contribution is -0.136. The SMILES string of the molecule is Cc1ccccc1N1C[C@@H](C(=O)N2CCN(c3cccc(C)c3C)CC2)CC1=O. The zero-order valence-electron chi connectivity index (χ0n) is 17.5. The van der Waals surface area contributed by atoms with Crippen LogP contribution < -0.4 is 9.80 Å². The summed E-state index contributed by atoms with van der Waals surface area (Å²) in [5, 5.41) is 0. The summed E-state index contributed by atoms with van der Waals surface area (Å²) in [5.41, 5.74) is 5.85. The lowest BCUT2D eigenvalue weighted by Gasteiger charge is -2.38. The molecule has 152 valence electrons. The van der Waals surface area contributed by atoms with Crippen LogP contribution in [0.25, 0.3) is 0 Å². The Morgan fingerprint density at radius 1 is 0.862 bits per heavy atom. The van der Waals surface area contributed by atoms with Crippen LogP contribution in [0.1, 0.15) is 23.1 Å². The van der Waals surface area contributed by atoms with Crippen molar-refractivity contribution in [2.24, 2.45) is 5.92 Å². The van der Waals surface area contributed by atoms with Gasteiger partial charge in [0.25, 0.3) is 0 Å². The number of piperazine rings is 1. The van der Waals surface area contributed by atoms with E-state index in [1.807, 2.05) is 36.1 Å². The third-order valence-electron chi connectivity index (χ3n) is 6.39. The van der Waals surface area contributed by atoms with E-state index >= 15 is 0 Å². The number of rotatable bonds is 3. The number of para-hydroxylation sites is 1. The lowest BCUT2D eigenvalue weighted by atomic mass is 10.1. The zero-order valence-corrected chi connectivity index (χ0v) is 17.5. The molecule has 1 atom stereocenters. The first-order valence-electron chi connectivity index (χ1n) is 10.4. The summed E-state index contributed by atoms with van der Waals surface area (Å²) in [7, 11) is 0. The molecule has 0 radical (unpaired) electrons. The van der Waals surface area contributed by atoms with E-state index in [1.165, 1.54) is 16.8 Å². The molecule has 2 heterocycles. The highest BCUT2D eigenvalue weighted by atomic mass is 16.2. The summed E-state index contributed by atoms with van der Waals surface area (Å²) in [6.45, 7) is 9.87. The molecule has 2 saturated heterocycles. The summed E-state index contributed by atoms with van der Waals surface area (Å²) in [6, 6.07) is 14.3. The second-order valence-electron chi connectivity index (χ2n) is 8.22. The minimum Gasteiger partial charge on any atom is -0.368 e. The van der Waals surface area contributed by atoms with Crippen molar-refractivity contribution in [1.29, 1.82) is 0 Å². The van der Waals surface area contributed by atoms with Crippen LogP contribution in [-0.2, 0) is 9.59 Å². The van der Waals surface area contributed by atoms with Gasteiger partial charge in [0.2, 0.25) is 11.8 Å². The van der Waals surface area contributed by atoms with Gasteiger partial charge in [-0.25, -0.2) is 0 Å². The van der Waals surface area contributed by atoms with E-state index in [2.05, 4.69) is 36.9 Å². The summed E-state index contributed by atoms with van der Waals surface area (Å²) < 4.78 is 0. The van der Waals surface area contributed by atoms with E-state index in [4.69, 9.17) is 0 Å². The van der Waals surface area contributed by atoms with Crippen LogP contribution in [0, 0.1) is 26.7 Å². The summed E-state index contributed by atoms with van der Waals surface area (Å²) >= 11 is 0. The maximum absolute atomic E-state index is 13.1. The van der Waals surface area contributed by atoms with E-state index in [1.54, 1.807) is 4.90 Å². The third-order valence-corrected chi connectivity index (χ3v) is 6.39. The molecule has 5 nitrogen and oxygen atoms in total. The van der Waals surface area contributed by atoms with Crippen molar-refractivity contribution >= 4 is 23.2 Å². The molecule has 2 aromatic rings. The Morgan fingerprint density at radius 3 is 2.24 bits per heavy atom. The Hall–Kier alpha value is -2.82. The van der Waals surface area contributed by atoms with Crippen LogP contribution in [0.3, 0.4) is 0 Å². The molecule has 29 heavy (non-hydrogen) atoms. The highest BCUT2D eigenvalue weighted by molar-refractivity contribution is 6.00. The van der Waals surface area contributed by atoms with Gasteiger partial charge in [0, 0.05) is 50.5 Å². The quantitative estimate of drug-likeness (QED) is 0.806. The summed E-state index contributed by atoms with van der Waals surface area (Å²) in [6.07, 6.45) is 0.310. The van der Waals surface area contributed by atoms with Crippen LogP contribution in [0.5, 0.6) is 0 Å². The minimum atomic E-state index is -0.241. The number of anilines is 2. The van der Waals surface area contributed by atoms with E-state index in [-0.39, 0.29) is 17.7 Å². The smallest absolute Gasteiger partial charge is 0.228 e. The van der Waals surface area contributed by atoms with Crippen LogP contribution in [0.15, 0.2) is 42.5 Å². The summed E-state index contributed by atoms with van der Waals surface area (Å²) in [5.74, 6) is -0.0731. The Morgan fingerprint density at radius 2 is 1.52 bits per heavy atom. The first-order valence-corrected chi connectivity index (χ1v) is 10.4. The maximum atomic E-state index is 13.1. The van der Waals surface area contributed by atoms with Crippen molar-refractivity contribution < 1.29 is 9.59 Å². The van der Waals surface area contributed by atoms with Gasteiger partial charge in [-0.05, 0) is 49.6 Å². The van der Waals surface area contributed by atoms with Gasteiger partial charge in [-0.1, -0.05) is 30.3 Å². The fraction of sp³-hybridized carbons (Fsp3) is 0.417. The van der Waals surface area contributed by atoms with Gasteiger partial charge in [-0.15, -0.1) is 0 Å². The third kappa shape index (κ3) is 3.74. The van der Waals surface area contributed by atoms with Crippen molar-refractivity contribution in [3.05, 3.63) is 59.2 Å². The molecule has 0 spiro atoms. The standard InChI is InChI=1S/C24H29N3O2/c1-17-8-6-10-22(19(17)3)25-11-13-26(14-12-25)24(29)20-15-23(28)27(16-20)21-9-5-4-7-18(21)2/h4-10,20H,11-16H2,1-3H3/t20-/m0/s1. The number of aryl methyl sites for hydroxylation is 2. The molecule has 0 aromatic heterocycles. The highest BCUT2D eigenvalue weighted by Gasteiger charge is 2.38.